The first-order valence-electron chi connectivity index (χ1n) is 2.52. The minimum absolute atomic E-state index is 0.203. The lowest BCUT2D eigenvalue weighted by molar-refractivity contribution is -0.380. The second kappa shape index (κ2) is 3.12. The molecular weight excluding hydrogens is 218 g/mol. The van der Waals surface area contributed by atoms with Crippen molar-refractivity contribution in [3.05, 3.63) is 27.1 Å². The van der Waals surface area contributed by atoms with E-state index in [9.17, 15) is 10.1 Å². The average Bonchev–Trinajstić information content (AvgIpc) is 2.34. The highest BCUT2D eigenvalue weighted by Gasteiger charge is 2.07. The van der Waals surface area contributed by atoms with Gasteiger partial charge in [-0.1, -0.05) is 27.3 Å². The fourth-order valence-corrected chi connectivity index (χ4v) is 1.80. The van der Waals surface area contributed by atoms with Crippen molar-refractivity contribution in [3.8, 4) is 0 Å². The lowest BCUT2D eigenvalue weighted by Gasteiger charge is -1.80. The lowest BCUT2D eigenvalue weighted by Crippen LogP contribution is -1.81. The summed E-state index contributed by atoms with van der Waals surface area (Å²) in [6.07, 6.45) is 0. The molecule has 1 heterocycles. The van der Waals surface area contributed by atoms with Gasteiger partial charge in [-0.05, 0) is 5.56 Å². The summed E-state index contributed by atoms with van der Waals surface area (Å²) in [5.41, 5.74) is 0.955. The van der Waals surface area contributed by atoms with Crippen LogP contribution in [0.1, 0.15) is 5.56 Å². The Labute approximate surface area is 70.0 Å². The number of rotatable bonds is 2. The number of nitrogens with zero attached hydrogens (tertiary/aromatic N) is 1. The molecule has 1 rings (SSSR count). The van der Waals surface area contributed by atoms with Gasteiger partial charge in [0, 0.05) is 16.8 Å². The Morgan fingerprint density at radius 2 is 2.50 bits per heavy atom. The van der Waals surface area contributed by atoms with E-state index in [-0.39, 0.29) is 9.92 Å². The van der Waals surface area contributed by atoms with Gasteiger partial charge in [-0.15, -0.1) is 0 Å². The van der Waals surface area contributed by atoms with Crippen molar-refractivity contribution in [3.63, 3.8) is 0 Å². The van der Waals surface area contributed by atoms with E-state index in [0.717, 1.165) is 16.9 Å². The first kappa shape index (κ1) is 7.68. The Morgan fingerprint density at radius 1 is 1.80 bits per heavy atom. The summed E-state index contributed by atoms with van der Waals surface area (Å²) in [6.45, 7) is 0. The zero-order chi connectivity index (χ0) is 7.56. The molecule has 0 amide bonds. The van der Waals surface area contributed by atoms with Crippen LogP contribution in [0.3, 0.4) is 0 Å². The molecule has 0 atom stereocenters. The molecule has 0 radical (unpaired) electrons. The molecule has 0 saturated heterocycles. The Morgan fingerprint density at radius 3 is 2.80 bits per heavy atom. The molecule has 0 fully saturated rings. The van der Waals surface area contributed by atoms with Crippen LogP contribution in [0.15, 0.2) is 11.4 Å². The van der Waals surface area contributed by atoms with Crippen LogP contribution in [0.25, 0.3) is 0 Å². The van der Waals surface area contributed by atoms with Gasteiger partial charge in [-0.25, -0.2) is 0 Å². The number of halogens is 1. The maximum Gasteiger partial charge on any atom is 0.324 e. The summed E-state index contributed by atoms with van der Waals surface area (Å²) in [5, 5.41) is 12.8. The topological polar surface area (TPSA) is 43.1 Å². The zero-order valence-corrected chi connectivity index (χ0v) is 7.31. The fraction of sp³-hybridized carbons (Fsp3) is 0.200. The Kier molecular flexibility index (Phi) is 2.39. The molecule has 0 aliphatic heterocycles. The first-order chi connectivity index (χ1) is 4.74. The molecule has 0 aliphatic carbocycles. The molecule has 1 aromatic rings. The highest BCUT2D eigenvalue weighted by atomic mass is 79.9. The normalized spacial score (nSPS) is 9.70. The Hall–Kier alpha value is -0.420. The lowest BCUT2D eigenvalue weighted by atomic mass is 10.4. The first-order valence-corrected chi connectivity index (χ1v) is 4.52. The quantitative estimate of drug-likeness (QED) is 0.438. The largest absolute Gasteiger partial charge is 0.324 e. The van der Waals surface area contributed by atoms with Crippen LogP contribution in [0, 0.1) is 10.1 Å². The standard InChI is InChI=1S/C5H4BrNO2S/c6-2-4-1-5(7(8)9)10-3-4/h1,3H,2H2. The highest BCUT2D eigenvalue weighted by Crippen LogP contribution is 2.23. The minimum atomic E-state index is -0.378. The summed E-state index contributed by atoms with van der Waals surface area (Å²) in [6, 6.07) is 1.57. The predicted octanol–water partition coefficient (Wildman–Crippen LogP) is 2.55. The van der Waals surface area contributed by atoms with Gasteiger partial charge in [0.05, 0.1) is 4.92 Å². The number of hydrogen-bond donors (Lipinski definition) is 0. The second-order valence-corrected chi connectivity index (χ2v) is 3.13. The van der Waals surface area contributed by atoms with Crippen molar-refractivity contribution < 1.29 is 4.92 Å². The molecular formula is C5H4BrNO2S. The SMILES string of the molecule is O=[N+]([O-])c1cc(CBr)cs1. The van der Waals surface area contributed by atoms with Gasteiger partial charge < -0.3 is 0 Å². The highest BCUT2D eigenvalue weighted by molar-refractivity contribution is 9.08. The molecule has 0 aliphatic rings. The van der Waals surface area contributed by atoms with Crippen LogP contribution < -0.4 is 0 Å². The van der Waals surface area contributed by atoms with Crippen molar-refractivity contribution >= 4 is 32.3 Å². The van der Waals surface area contributed by atoms with Gasteiger partial charge >= 0.3 is 5.00 Å². The van der Waals surface area contributed by atoms with Gasteiger partial charge in [0.25, 0.3) is 0 Å². The number of hydrogen-bond acceptors (Lipinski definition) is 3. The van der Waals surface area contributed by atoms with Gasteiger partial charge in [-0.2, -0.15) is 0 Å². The van der Waals surface area contributed by atoms with Gasteiger partial charge in [0.2, 0.25) is 0 Å². The van der Waals surface area contributed by atoms with Crippen molar-refractivity contribution in [1.82, 2.24) is 0 Å². The van der Waals surface area contributed by atoms with E-state index >= 15 is 0 Å². The predicted molar refractivity (Wildman–Crippen MR) is 43.6 cm³/mol. The van der Waals surface area contributed by atoms with E-state index in [0.29, 0.717) is 5.33 Å². The van der Waals surface area contributed by atoms with Gasteiger partial charge in [0.15, 0.2) is 0 Å². The summed E-state index contributed by atoms with van der Waals surface area (Å²) in [4.78, 5) is 9.75. The molecule has 54 valence electrons. The molecule has 0 unspecified atom stereocenters. The van der Waals surface area contributed by atoms with E-state index in [1.165, 1.54) is 0 Å². The van der Waals surface area contributed by atoms with Crippen molar-refractivity contribution in [1.29, 1.82) is 0 Å². The fourth-order valence-electron chi connectivity index (χ4n) is 0.529. The molecule has 0 spiro atoms. The molecule has 3 nitrogen and oxygen atoms in total. The van der Waals surface area contributed by atoms with E-state index in [1.54, 1.807) is 11.4 Å². The monoisotopic (exact) mass is 221 g/mol. The summed E-state index contributed by atoms with van der Waals surface area (Å²) < 4.78 is 0. The van der Waals surface area contributed by atoms with E-state index in [2.05, 4.69) is 15.9 Å². The van der Waals surface area contributed by atoms with E-state index in [4.69, 9.17) is 0 Å². The summed E-state index contributed by atoms with van der Waals surface area (Å²) >= 11 is 4.36. The zero-order valence-electron chi connectivity index (χ0n) is 4.91. The maximum absolute atomic E-state index is 10.1. The summed E-state index contributed by atoms with van der Waals surface area (Å²) in [7, 11) is 0. The summed E-state index contributed by atoms with van der Waals surface area (Å²) in [5.74, 6) is 0. The molecule has 0 N–H and O–H groups in total. The smallest absolute Gasteiger partial charge is 0.258 e. The minimum Gasteiger partial charge on any atom is -0.258 e. The Bertz CT molecular complexity index is 248. The molecule has 0 saturated carbocycles. The van der Waals surface area contributed by atoms with Crippen LogP contribution >= 0.6 is 27.3 Å². The molecule has 0 bridgehead atoms. The molecule has 0 aromatic carbocycles. The third-order valence-corrected chi connectivity index (χ3v) is 2.55. The van der Waals surface area contributed by atoms with E-state index in [1.807, 2.05) is 0 Å². The number of nitro groups is 1. The third-order valence-electron chi connectivity index (χ3n) is 0.974. The van der Waals surface area contributed by atoms with Crippen LogP contribution in [0.4, 0.5) is 5.00 Å². The van der Waals surface area contributed by atoms with E-state index < -0.39 is 0 Å². The second-order valence-electron chi connectivity index (χ2n) is 1.68. The molecule has 10 heavy (non-hydrogen) atoms. The number of thiophene rings is 1. The molecule has 5 heteroatoms. The van der Waals surface area contributed by atoms with Crippen molar-refractivity contribution in [2.24, 2.45) is 0 Å². The van der Waals surface area contributed by atoms with Gasteiger partial charge in [-0.3, -0.25) is 10.1 Å². The average molecular weight is 222 g/mol. The Balaban J connectivity index is 2.88. The van der Waals surface area contributed by atoms with Crippen LogP contribution in [-0.4, -0.2) is 4.92 Å². The maximum atomic E-state index is 10.1. The number of alkyl halides is 1. The van der Waals surface area contributed by atoms with Crippen molar-refractivity contribution in [2.75, 3.05) is 0 Å². The van der Waals surface area contributed by atoms with Gasteiger partial charge in [0.1, 0.15) is 0 Å². The van der Waals surface area contributed by atoms with Crippen LogP contribution in [0.5, 0.6) is 0 Å². The molecule has 1 aromatic heterocycles. The van der Waals surface area contributed by atoms with Crippen LogP contribution in [-0.2, 0) is 5.33 Å². The third kappa shape index (κ3) is 1.54. The van der Waals surface area contributed by atoms with Crippen LogP contribution in [0.2, 0.25) is 0 Å². The van der Waals surface area contributed by atoms with Crippen molar-refractivity contribution in [2.45, 2.75) is 5.33 Å².